The summed E-state index contributed by atoms with van der Waals surface area (Å²) in [6.45, 7) is 0.961. The first kappa shape index (κ1) is 13.4. The smallest absolute Gasteiger partial charge is 0.0462 e. The van der Waals surface area contributed by atoms with E-state index in [9.17, 15) is 0 Å². The van der Waals surface area contributed by atoms with E-state index in [0.29, 0.717) is 0 Å². The molecule has 0 N–H and O–H groups in total. The van der Waals surface area contributed by atoms with Crippen molar-refractivity contribution in [1.29, 1.82) is 0 Å². The topological polar surface area (TPSA) is 9.23 Å². The van der Waals surface area contributed by atoms with Gasteiger partial charge < -0.3 is 4.74 Å². The fraction of sp³-hybridized carbons (Fsp3) is 1.00. The van der Waals surface area contributed by atoms with Crippen LogP contribution in [-0.2, 0) is 4.74 Å². The summed E-state index contributed by atoms with van der Waals surface area (Å²) >= 11 is 0. The van der Waals surface area contributed by atoms with Crippen LogP contribution in [-0.4, -0.2) is 13.7 Å². The highest BCUT2D eigenvalue weighted by Gasteiger charge is 2.28. The Balaban J connectivity index is 1.63. The summed E-state index contributed by atoms with van der Waals surface area (Å²) in [4.78, 5) is 0. The highest BCUT2D eigenvalue weighted by molar-refractivity contribution is 4.79. The Kier molecular flexibility index (Phi) is 5.84. The lowest BCUT2D eigenvalue weighted by Crippen LogP contribution is -2.23. The molecule has 2 fully saturated rings. The summed E-state index contributed by atoms with van der Waals surface area (Å²) in [5.41, 5.74) is 0. The van der Waals surface area contributed by atoms with Crippen LogP contribution in [0.1, 0.15) is 70.6 Å². The zero-order chi connectivity index (χ0) is 11.9. The minimum absolute atomic E-state index is 0.961. The Morgan fingerprint density at radius 3 is 2.12 bits per heavy atom. The molecule has 1 heteroatoms. The zero-order valence-electron chi connectivity index (χ0n) is 11.6. The van der Waals surface area contributed by atoms with Gasteiger partial charge in [0.25, 0.3) is 0 Å². The van der Waals surface area contributed by atoms with Crippen LogP contribution in [0.5, 0.6) is 0 Å². The molecule has 2 aliphatic rings. The summed E-state index contributed by atoms with van der Waals surface area (Å²) < 4.78 is 5.15. The SMILES string of the molecule is COCCCC1CCC(C2CCCCC2)CC1. The summed E-state index contributed by atoms with van der Waals surface area (Å²) in [6, 6.07) is 0. The molecule has 0 atom stereocenters. The first-order valence-electron chi connectivity index (χ1n) is 7.89. The minimum Gasteiger partial charge on any atom is -0.385 e. The molecule has 0 saturated heterocycles. The molecule has 0 bridgehead atoms. The summed E-state index contributed by atoms with van der Waals surface area (Å²) in [6.07, 6.45) is 16.4. The van der Waals surface area contributed by atoms with E-state index in [2.05, 4.69) is 0 Å². The average molecular weight is 238 g/mol. The first-order valence-corrected chi connectivity index (χ1v) is 7.89. The van der Waals surface area contributed by atoms with Crippen LogP contribution < -0.4 is 0 Å². The number of rotatable bonds is 5. The molecule has 17 heavy (non-hydrogen) atoms. The number of ether oxygens (including phenoxy) is 1. The van der Waals surface area contributed by atoms with Crippen molar-refractivity contribution in [3.8, 4) is 0 Å². The predicted molar refractivity (Wildman–Crippen MR) is 73.1 cm³/mol. The van der Waals surface area contributed by atoms with Gasteiger partial charge in [0, 0.05) is 13.7 Å². The number of hydrogen-bond acceptors (Lipinski definition) is 1. The highest BCUT2D eigenvalue weighted by Crippen LogP contribution is 2.40. The second-order valence-corrected chi connectivity index (χ2v) is 6.31. The second kappa shape index (κ2) is 7.41. The molecule has 1 nitrogen and oxygen atoms in total. The molecule has 0 spiro atoms. The van der Waals surface area contributed by atoms with Crippen LogP contribution in [0.2, 0.25) is 0 Å². The molecule has 2 saturated carbocycles. The van der Waals surface area contributed by atoms with E-state index in [1.54, 1.807) is 12.8 Å². The third kappa shape index (κ3) is 4.28. The Morgan fingerprint density at radius 2 is 1.47 bits per heavy atom. The van der Waals surface area contributed by atoms with Gasteiger partial charge in [-0.05, 0) is 43.4 Å². The predicted octanol–water partition coefficient (Wildman–Crippen LogP) is 4.80. The van der Waals surface area contributed by atoms with Gasteiger partial charge in [-0.2, -0.15) is 0 Å². The maximum atomic E-state index is 5.15. The minimum atomic E-state index is 0.961. The molecule has 0 unspecified atom stereocenters. The van der Waals surface area contributed by atoms with Crippen molar-refractivity contribution in [2.24, 2.45) is 17.8 Å². The maximum Gasteiger partial charge on any atom is 0.0462 e. The molecule has 0 aromatic heterocycles. The molecule has 100 valence electrons. The highest BCUT2D eigenvalue weighted by atomic mass is 16.5. The van der Waals surface area contributed by atoms with E-state index in [-0.39, 0.29) is 0 Å². The zero-order valence-corrected chi connectivity index (χ0v) is 11.6. The van der Waals surface area contributed by atoms with Gasteiger partial charge >= 0.3 is 0 Å². The van der Waals surface area contributed by atoms with Crippen LogP contribution in [0.3, 0.4) is 0 Å². The first-order chi connectivity index (χ1) is 8.40. The third-order valence-corrected chi connectivity index (χ3v) is 5.17. The lowest BCUT2D eigenvalue weighted by atomic mass is 9.70. The van der Waals surface area contributed by atoms with Crippen molar-refractivity contribution in [2.45, 2.75) is 70.6 Å². The van der Waals surface area contributed by atoms with Crippen LogP contribution in [0, 0.1) is 17.8 Å². The van der Waals surface area contributed by atoms with E-state index in [1.165, 1.54) is 57.8 Å². The normalized spacial score (nSPS) is 31.6. The molecule has 0 aromatic rings. The lowest BCUT2D eigenvalue weighted by Gasteiger charge is -2.35. The van der Waals surface area contributed by atoms with Gasteiger partial charge in [0.05, 0.1) is 0 Å². The van der Waals surface area contributed by atoms with Gasteiger partial charge in [-0.1, -0.05) is 44.9 Å². The van der Waals surface area contributed by atoms with Crippen molar-refractivity contribution in [2.75, 3.05) is 13.7 Å². The van der Waals surface area contributed by atoms with Gasteiger partial charge in [-0.25, -0.2) is 0 Å². The van der Waals surface area contributed by atoms with Crippen LogP contribution in [0.25, 0.3) is 0 Å². The molecule has 0 aromatic carbocycles. The summed E-state index contributed by atoms with van der Waals surface area (Å²) in [5, 5.41) is 0. The van der Waals surface area contributed by atoms with Crippen LogP contribution in [0.4, 0.5) is 0 Å². The van der Waals surface area contributed by atoms with Gasteiger partial charge in [0.1, 0.15) is 0 Å². The van der Waals surface area contributed by atoms with Crippen molar-refractivity contribution in [1.82, 2.24) is 0 Å². The van der Waals surface area contributed by atoms with Crippen LogP contribution >= 0.6 is 0 Å². The van der Waals surface area contributed by atoms with Crippen molar-refractivity contribution < 1.29 is 4.74 Å². The van der Waals surface area contributed by atoms with E-state index in [1.807, 2.05) is 7.11 Å². The van der Waals surface area contributed by atoms with Crippen LogP contribution in [0.15, 0.2) is 0 Å². The maximum absolute atomic E-state index is 5.15. The molecule has 0 amide bonds. The van der Waals surface area contributed by atoms with Gasteiger partial charge in [0.15, 0.2) is 0 Å². The molecular formula is C16H30O. The Hall–Kier alpha value is -0.0400. The molecule has 2 rings (SSSR count). The average Bonchev–Trinajstić information content (AvgIpc) is 2.41. The lowest BCUT2D eigenvalue weighted by molar-refractivity contribution is 0.148. The van der Waals surface area contributed by atoms with E-state index in [4.69, 9.17) is 4.74 Å². The number of methoxy groups -OCH3 is 1. The fourth-order valence-corrected chi connectivity index (χ4v) is 4.07. The van der Waals surface area contributed by atoms with Gasteiger partial charge in [-0.3, -0.25) is 0 Å². The van der Waals surface area contributed by atoms with Crippen molar-refractivity contribution >= 4 is 0 Å². The molecule has 0 aliphatic heterocycles. The molecule has 2 aliphatic carbocycles. The number of hydrogen-bond donors (Lipinski definition) is 0. The fourth-order valence-electron chi connectivity index (χ4n) is 4.07. The molecular weight excluding hydrogens is 208 g/mol. The van der Waals surface area contributed by atoms with E-state index >= 15 is 0 Å². The third-order valence-electron chi connectivity index (χ3n) is 5.17. The van der Waals surface area contributed by atoms with Crippen molar-refractivity contribution in [3.63, 3.8) is 0 Å². The molecule has 0 heterocycles. The summed E-state index contributed by atoms with van der Waals surface area (Å²) in [5.74, 6) is 3.21. The van der Waals surface area contributed by atoms with E-state index < -0.39 is 0 Å². The Bertz CT molecular complexity index is 188. The van der Waals surface area contributed by atoms with Crippen molar-refractivity contribution in [3.05, 3.63) is 0 Å². The Morgan fingerprint density at radius 1 is 0.824 bits per heavy atom. The largest absolute Gasteiger partial charge is 0.385 e. The van der Waals surface area contributed by atoms with Gasteiger partial charge in [0.2, 0.25) is 0 Å². The summed E-state index contributed by atoms with van der Waals surface area (Å²) in [7, 11) is 1.82. The Labute approximate surface area is 107 Å². The standard InChI is InChI=1S/C16H30O/c1-17-13-5-6-14-9-11-16(12-10-14)15-7-3-2-4-8-15/h14-16H,2-13H2,1H3. The molecule has 0 radical (unpaired) electrons. The van der Waals surface area contributed by atoms with E-state index in [0.717, 1.165) is 24.4 Å². The van der Waals surface area contributed by atoms with Gasteiger partial charge in [-0.15, -0.1) is 0 Å². The monoisotopic (exact) mass is 238 g/mol. The second-order valence-electron chi connectivity index (χ2n) is 6.31. The quantitative estimate of drug-likeness (QED) is 0.625.